The van der Waals surface area contributed by atoms with E-state index in [1.54, 1.807) is 64.4 Å². The van der Waals surface area contributed by atoms with E-state index in [0.717, 1.165) is 10.9 Å². The number of nitrogens with two attached hydrogens (primary N) is 5. The van der Waals surface area contributed by atoms with Crippen LogP contribution in [0.1, 0.15) is 96.6 Å². The zero-order chi connectivity index (χ0) is 63.6. The number of nitrogens with one attached hydrogen (secondary N) is 15. The number of carbonyl (C=O) groups excluding carboxylic acids is 8. The summed E-state index contributed by atoms with van der Waals surface area (Å²) in [5, 5.41) is 60.4. The molecular weight excluding hydrogens is 1110 g/mol. The van der Waals surface area contributed by atoms with Crippen LogP contribution in [0.2, 0.25) is 0 Å². The zero-order valence-corrected chi connectivity index (χ0v) is 49.0. The third-order valence-electron chi connectivity index (χ3n) is 14.4. The highest BCUT2D eigenvalue weighted by molar-refractivity contribution is 5.99. The van der Waals surface area contributed by atoms with Gasteiger partial charge in [-0.25, -0.2) is 4.79 Å². The van der Waals surface area contributed by atoms with E-state index < -0.39 is 120 Å². The summed E-state index contributed by atoms with van der Waals surface area (Å²) in [4.78, 5) is 132. The first kappa shape index (κ1) is 69.0. The zero-order valence-electron chi connectivity index (χ0n) is 49.0. The Balaban J connectivity index is 1.69. The van der Waals surface area contributed by atoms with Crippen molar-refractivity contribution in [3.8, 4) is 0 Å². The van der Waals surface area contributed by atoms with Crippen LogP contribution in [-0.2, 0) is 56.0 Å². The fraction of sp³-hybridized carbons (Fsp3) is 0.500. The maximum absolute atomic E-state index is 14.9. The van der Waals surface area contributed by atoms with Crippen molar-refractivity contribution in [1.82, 2.24) is 63.1 Å². The lowest BCUT2D eigenvalue weighted by Crippen LogP contribution is -2.61. The number of H-pyrrole nitrogens is 2. The van der Waals surface area contributed by atoms with Crippen LogP contribution >= 0.6 is 0 Å². The Kier molecular flexibility index (Phi) is 27.6. The molecule has 0 unspecified atom stereocenters. The third-order valence-corrected chi connectivity index (χ3v) is 14.4. The summed E-state index contributed by atoms with van der Waals surface area (Å²) in [6.07, 6.45) is 2.67. The van der Waals surface area contributed by atoms with E-state index in [1.807, 2.05) is 24.3 Å². The molecule has 0 saturated heterocycles. The molecule has 0 aliphatic heterocycles. The molecule has 0 spiro atoms. The Morgan fingerprint density at radius 3 is 1.26 bits per heavy atom. The first-order chi connectivity index (χ1) is 40.8. The van der Waals surface area contributed by atoms with Gasteiger partial charge in [-0.1, -0.05) is 70.5 Å². The van der Waals surface area contributed by atoms with Crippen molar-refractivity contribution in [2.45, 2.75) is 147 Å². The number of aromatic nitrogens is 2. The van der Waals surface area contributed by atoms with Gasteiger partial charge in [0.1, 0.15) is 42.3 Å². The summed E-state index contributed by atoms with van der Waals surface area (Å²) in [6.45, 7) is 7.27. The van der Waals surface area contributed by atoms with Gasteiger partial charge in [0.05, 0.1) is 6.04 Å². The number of guanidine groups is 3. The number of primary amides is 1. The van der Waals surface area contributed by atoms with Crippen LogP contribution in [0.3, 0.4) is 0 Å². The predicted octanol–water partition coefficient (Wildman–Crippen LogP) is -2.00. The molecule has 4 rings (SSSR count). The number of carboxylic acid groups (broad SMARTS) is 1. The van der Waals surface area contributed by atoms with E-state index in [-0.39, 0.29) is 94.8 Å². The lowest BCUT2D eigenvalue weighted by molar-refractivity contribution is -0.142. The van der Waals surface area contributed by atoms with Crippen molar-refractivity contribution in [2.24, 2.45) is 40.5 Å². The summed E-state index contributed by atoms with van der Waals surface area (Å²) >= 11 is 0. The molecule has 0 radical (unpaired) electrons. The lowest BCUT2D eigenvalue weighted by atomic mass is 9.95. The fourth-order valence-electron chi connectivity index (χ4n) is 9.27. The molecule has 0 aliphatic carbocycles. The molecule has 26 N–H and O–H groups in total. The van der Waals surface area contributed by atoms with Gasteiger partial charge in [-0.2, -0.15) is 0 Å². The minimum Gasteiger partial charge on any atom is -0.480 e. The largest absolute Gasteiger partial charge is 0.480 e. The second-order valence-electron chi connectivity index (χ2n) is 21.4. The topological polar surface area (TPSA) is 527 Å². The van der Waals surface area contributed by atoms with Crippen LogP contribution in [0.5, 0.6) is 0 Å². The smallest absolute Gasteiger partial charge is 0.326 e. The van der Waals surface area contributed by atoms with Gasteiger partial charge in [0, 0.05) is 73.1 Å². The number of aromatic amines is 2. The van der Waals surface area contributed by atoms with Gasteiger partial charge >= 0.3 is 5.97 Å². The Morgan fingerprint density at radius 2 is 0.860 bits per heavy atom. The van der Waals surface area contributed by atoms with Crippen LogP contribution in [-0.4, -0.2) is 154 Å². The van der Waals surface area contributed by atoms with Crippen molar-refractivity contribution >= 4 is 92.9 Å². The number of fused-ring (bicyclic) bond motifs is 2. The van der Waals surface area contributed by atoms with E-state index in [0.29, 0.717) is 28.5 Å². The van der Waals surface area contributed by atoms with Crippen LogP contribution in [0.25, 0.3) is 21.8 Å². The molecule has 0 bridgehead atoms. The molecule has 470 valence electrons. The van der Waals surface area contributed by atoms with Gasteiger partial charge < -0.3 is 96.9 Å². The summed E-state index contributed by atoms with van der Waals surface area (Å²) in [5.74, 6) is -10.1. The molecule has 4 aromatic rings. The average molecular weight is 1200 g/mol. The lowest BCUT2D eigenvalue weighted by Gasteiger charge is -2.30. The van der Waals surface area contributed by atoms with E-state index in [9.17, 15) is 48.3 Å². The first-order valence-corrected chi connectivity index (χ1v) is 28.5. The monoisotopic (exact) mass is 1200 g/mol. The van der Waals surface area contributed by atoms with E-state index in [2.05, 4.69) is 63.1 Å². The second kappa shape index (κ2) is 34.3. The normalized spacial score (nSPS) is 14.3. The average Bonchev–Trinajstić information content (AvgIpc) is 2.65. The molecule has 2 aromatic heterocycles. The van der Waals surface area contributed by atoms with Crippen LogP contribution in [0.4, 0.5) is 0 Å². The van der Waals surface area contributed by atoms with Gasteiger partial charge in [-0.3, -0.25) is 54.6 Å². The molecule has 2 heterocycles. The Bertz CT molecular complexity index is 3020. The van der Waals surface area contributed by atoms with Crippen LogP contribution in [0.15, 0.2) is 60.9 Å². The molecule has 86 heavy (non-hydrogen) atoms. The molecule has 30 heteroatoms. The number of para-hydroxylation sites is 2. The summed E-state index contributed by atoms with van der Waals surface area (Å²) in [6, 6.07) is 3.59. The van der Waals surface area contributed by atoms with Crippen molar-refractivity contribution in [1.29, 1.82) is 16.2 Å². The van der Waals surface area contributed by atoms with E-state index >= 15 is 0 Å². The maximum Gasteiger partial charge on any atom is 0.326 e. The van der Waals surface area contributed by atoms with Gasteiger partial charge in [0.2, 0.25) is 47.3 Å². The summed E-state index contributed by atoms with van der Waals surface area (Å²) in [5.41, 5.74) is 30.8. The van der Waals surface area contributed by atoms with Crippen molar-refractivity contribution in [3.63, 3.8) is 0 Å². The molecule has 0 saturated carbocycles. The second-order valence-corrected chi connectivity index (χ2v) is 21.4. The molecular formula is C56H86N20O10. The number of aliphatic carboxylic acids is 1. The summed E-state index contributed by atoms with van der Waals surface area (Å²) in [7, 11) is 0. The quantitative estimate of drug-likeness (QED) is 0.0132. The first-order valence-electron chi connectivity index (χ1n) is 28.5. The highest BCUT2D eigenvalue weighted by Crippen LogP contribution is 2.22. The van der Waals surface area contributed by atoms with Crippen LogP contribution in [0, 0.1) is 28.1 Å². The SMILES string of the molecule is CC[C@H](C)[C@H](NC(=O)[C@H](Cc1c[nH]c2ccccc12)NC(=O)[C@@H](N)C(C)C)C(=O)N[C@@H](Cc1c[nH]c2ccccc12)C(=O)N[C@@H](CCC(N)=O)C(=O)N[C@@H](CCCNC(=N)N)C(=O)N[C@@H](CCCNC(=N)N)C(=O)N[C@@H](CCCNC(=N)N)C(=O)O. The van der Waals surface area contributed by atoms with E-state index in [4.69, 9.17) is 44.9 Å². The van der Waals surface area contributed by atoms with Crippen LogP contribution < -0.4 is 81.8 Å². The highest BCUT2D eigenvalue weighted by atomic mass is 16.4. The Labute approximate surface area is 497 Å². The van der Waals surface area contributed by atoms with Gasteiger partial charge in [-0.15, -0.1) is 0 Å². The number of rotatable bonds is 37. The molecule has 2 aromatic carbocycles. The number of amides is 8. The number of hydrogen-bond acceptors (Lipinski definition) is 13. The molecule has 0 fully saturated rings. The van der Waals surface area contributed by atoms with E-state index in [1.165, 1.54) is 0 Å². The number of hydrogen-bond donors (Lipinski definition) is 21. The Morgan fingerprint density at radius 1 is 0.500 bits per heavy atom. The minimum atomic E-state index is -1.62. The fourth-order valence-corrected chi connectivity index (χ4v) is 9.27. The Hall–Kier alpha value is -9.48. The predicted molar refractivity (Wildman–Crippen MR) is 323 cm³/mol. The van der Waals surface area contributed by atoms with Crippen molar-refractivity contribution < 1.29 is 48.3 Å². The molecule has 8 amide bonds. The standard InChI is InChI=1S/C56H86N20O10/c1-5-30(4)45(76-50(82)42(74-51(83)44(58)29(2)3)26-32-28-69-36-16-9-7-14-34(32)36)52(84)75-41(25-31-27-68-35-15-8-6-13-33(31)35)49(81)72-39(20-21-43(57)77)48(80)71-37(17-10-22-65-54(59)60)46(78)70-38(18-11-23-66-55(61)62)47(79)73-40(53(85)86)19-12-24-67-56(63)64/h6-9,13-16,27-30,37-42,44-45,68-69H,5,10-12,17-26,58H2,1-4H3,(H2,57,77)(H,70,78)(H,71,80)(H,72,81)(H,73,79)(H,74,83)(H,75,84)(H,76,82)(H,85,86)(H4,59,60,65)(H4,61,62,66)(H4,63,64,67)/t30-,37-,38-,39-,40-,41-,42-,44-,45-/m0/s1. The van der Waals surface area contributed by atoms with Gasteiger partial charge in [0.15, 0.2) is 17.9 Å². The number of carbonyl (C=O) groups is 9. The molecule has 0 aliphatic rings. The number of carboxylic acids is 1. The number of benzene rings is 2. The molecule has 30 nitrogen and oxygen atoms in total. The molecule has 9 atom stereocenters. The maximum atomic E-state index is 14.9. The highest BCUT2D eigenvalue weighted by Gasteiger charge is 2.37. The summed E-state index contributed by atoms with van der Waals surface area (Å²) < 4.78 is 0. The van der Waals surface area contributed by atoms with Crippen molar-refractivity contribution in [3.05, 3.63) is 72.1 Å². The van der Waals surface area contributed by atoms with Gasteiger partial charge in [-0.05, 0) is 80.0 Å². The van der Waals surface area contributed by atoms with Crippen molar-refractivity contribution in [2.75, 3.05) is 19.6 Å². The van der Waals surface area contributed by atoms with Gasteiger partial charge in [0.25, 0.3) is 0 Å². The minimum absolute atomic E-state index is 0.00547. The third kappa shape index (κ3) is 22.3.